The van der Waals surface area contributed by atoms with Crippen molar-refractivity contribution in [1.29, 1.82) is 0 Å². The van der Waals surface area contributed by atoms with Gasteiger partial charge in [0.1, 0.15) is 0 Å². The maximum atomic E-state index is 12.2. The van der Waals surface area contributed by atoms with Crippen molar-refractivity contribution >= 4 is 5.91 Å². The number of benzene rings is 1. The first-order valence-corrected chi connectivity index (χ1v) is 8.55. The van der Waals surface area contributed by atoms with E-state index in [2.05, 4.69) is 41.3 Å². The highest BCUT2D eigenvalue weighted by molar-refractivity contribution is 5.94. The van der Waals surface area contributed by atoms with Gasteiger partial charge < -0.3 is 9.73 Å². The van der Waals surface area contributed by atoms with Gasteiger partial charge in [0.2, 0.25) is 11.8 Å². The van der Waals surface area contributed by atoms with Gasteiger partial charge in [0.05, 0.1) is 0 Å². The quantitative estimate of drug-likeness (QED) is 0.763. The third-order valence-electron chi connectivity index (χ3n) is 4.03. The van der Waals surface area contributed by atoms with Gasteiger partial charge in [-0.15, -0.1) is 10.2 Å². The van der Waals surface area contributed by atoms with E-state index < -0.39 is 0 Å². The van der Waals surface area contributed by atoms with Crippen LogP contribution in [0, 0.1) is 0 Å². The Morgan fingerprint density at radius 3 is 2.38 bits per heavy atom. The average Bonchev–Trinajstić information content (AvgIpc) is 3.11. The van der Waals surface area contributed by atoms with Gasteiger partial charge in [-0.25, -0.2) is 0 Å². The Kier molecular flexibility index (Phi) is 5.11. The second kappa shape index (κ2) is 7.47. The van der Waals surface area contributed by atoms with Crippen molar-refractivity contribution in [3.63, 3.8) is 0 Å². The van der Waals surface area contributed by atoms with Gasteiger partial charge in [-0.3, -0.25) is 9.78 Å². The maximum Gasteiger partial charge on any atom is 0.251 e. The summed E-state index contributed by atoms with van der Waals surface area (Å²) >= 11 is 0. The molecule has 0 unspecified atom stereocenters. The van der Waals surface area contributed by atoms with E-state index in [4.69, 9.17) is 4.42 Å². The fraction of sp³-hybridized carbons (Fsp3) is 0.300. The predicted molar refractivity (Wildman–Crippen MR) is 98.7 cm³/mol. The smallest absolute Gasteiger partial charge is 0.251 e. The van der Waals surface area contributed by atoms with Crippen LogP contribution in [0.15, 0.2) is 53.2 Å². The normalized spacial score (nSPS) is 11.3. The number of rotatable bonds is 5. The lowest BCUT2D eigenvalue weighted by Crippen LogP contribution is -2.25. The number of pyridine rings is 1. The molecule has 1 aromatic carbocycles. The fourth-order valence-corrected chi connectivity index (χ4v) is 2.47. The van der Waals surface area contributed by atoms with Crippen LogP contribution in [0.3, 0.4) is 0 Å². The van der Waals surface area contributed by atoms with Crippen LogP contribution in [0.2, 0.25) is 0 Å². The van der Waals surface area contributed by atoms with Crippen molar-refractivity contribution in [2.24, 2.45) is 0 Å². The largest absolute Gasteiger partial charge is 0.421 e. The zero-order valence-corrected chi connectivity index (χ0v) is 15.2. The average molecular weight is 350 g/mol. The van der Waals surface area contributed by atoms with Crippen molar-refractivity contribution < 1.29 is 9.21 Å². The Labute approximate surface area is 152 Å². The zero-order valence-electron chi connectivity index (χ0n) is 15.2. The Balaban J connectivity index is 1.53. The van der Waals surface area contributed by atoms with Crippen molar-refractivity contribution in [2.45, 2.75) is 32.6 Å². The molecule has 134 valence electrons. The molecule has 0 aliphatic rings. The molecule has 0 aliphatic carbocycles. The van der Waals surface area contributed by atoms with Gasteiger partial charge in [0.15, 0.2) is 0 Å². The van der Waals surface area contributed by atoms with Crippen LogP contribution in [0.1, 0.15) is 42.6 Å². The van der Waals surface area contributed by atoms with E-state index in [9.17, 15) is 4.79 Å². The molecule has 0 bridgehead atoms. The minimum Gasteiger partial charge on any atom is -0.421 e. The molecule has 1 amide bonds. The molecule has 0 atom stereocenters. The van der Waals surface area contributed by atoms with Crippen LogP contribution in [0.25, 0.3) is 11.5 Å². The summed E-state index contributed by atoms with van der Waals surface area (Å²) in [7, 11) is 0. The van der Waals surface area contributed by atoms with E-state index in [1.54, 1.807) is 24.5 Å². The summed E-state index contributed by atoms with van der Waals surface area (Å²) < 4.78 is 5.61. The number of aromatic nitrogens is 3. The van der Waals surface area contributed by atoms with Crippen LogP contribution < -0.4 is 5.32 Å². The summed E-state index contributed by atoms with van der Waals surface area (Å²) in [6.45, 7) is 6.86. The molecule has 2 heterocycles. The lowest BCUT2D eigenvalue weighted by molar-refractivity contribution is 0.0953. The number of carbonyl (C=O) groups is 1. The lowest BCUT2D eigenvalue weighted by atomic mass is 9.87. The monoisotopic (exact) mass is 350 g/mol. The molecule has 0 aliphatic heterocycles. The van der Waals surface area contributed by atoms with Crippen molar-refractivity contribution in [3.05, 3.63) is 65.8 Å². The summed E-state index contributed by atoms with van der Waals surface area (Å²) in [6.07, 6.45) is 3.82. The molecule has 6 heteroatoms. The highest BCUT2D eigenvalue weighted by Gasteiger charge is 2.14. The molecule has 0 saturated heterocycles. The van der Waals surface area contributed by atoms with Crippen LogP contribution in [-0.2, 0) is 11.8 Å². The zero-order chi connectivity index (χ0) is 18.6. The maximum absolute atomic E-state index is 12.2. The van der Waals surface area contributed by atoms with Gasteiger partial charge in [0.25, 0.3) is 5.91 Å². The topological polar surface area (TPSA) is 80.9 Å². The number of hydrogen-bond acceptors (Lipinski definition) is 5. The third kappa shape index (κ3) is 4.33. The molecular weight excluding hydrogens is 328 g/mol. The number of hydrogen-bond donors (Lipinski definition) is 1. The summed E-state index contributed by atoms with van der Waals surface area (Å²) in [5, 5.41) is 10.9. The molecule has 0 radical (unpaired) electrons. The summed E-state index contributed by atoms with van der Waals surface area (Å²) in [6, 6.07) is 11.3. The van der Waals surface area contributed by atoms with Crippen LogP contribution in [-0.4, -0.2) is 27.6 Å². The Bertz CT molecular complexity index is 865. The van der Waals surface area contributed by atoms with Gasteiger partial charge in [-0.2, -0.15) is 0 Å². The van der Waals surface area contributed by atoms with Crippen LogP contribution >= 0.6 is 0 Å². The Morgan fingerprint density at radius 2 is 1.73 bits per heavy atom. The number of carbonyl (C=O) groups excluding carboxylic acids is 1. The van der Waals surface area contributed by atoms with Crippen molar-refractivity contribution in [3.8, 4) is 11.5 Å². The van der Waals surface area contributed by atoms with E-state index >= 15 is 0 Å². The first kappa shape index (κ1) is 17.8. The molecule has 3 rings (SSSR count). The van der Waals surface area contributed by atoms with E-state index in [0.717, 1.165) is 5.56 Å². The van der Waals surface area contributed by atoms with Gasteiger partial charge >= 0.3 is 0 Å². The molecule has 1 N–H and O–H groups in total. The van der Waals surface area contributed by atoms with E-state index in [1.165, 1.54) is 5.56 Å². The molecule has 2 aromatic heterocycles. The second-order valence-electron chi connectivity index (χ2n) is 7.07. The number of nitrogens with zero attached hydrogens (tertiary/aromatic N) is 3. The minimum absolute atomic E-state index is 0.0689. The van der Waals surface area contributed by atoms with E-state index in [1.807, 2.05) is 24.3 Å². The summed E-state index contributed by atoms with van der Waals surface area (Å²) in [5.74, 6) is 0.825. The highest BCUT2D eigenvalue weighted by Crippen LogP contribution is 2.22. The van der Waals surface area contributed by atoms with Crippen LogP contribution in [0.4, 0.5) is 0 Å². The van der Waals surface area contributed by atoms with Crippen molar-refractivity contribution in [1.82, 2.24) is 20.5 Å². The Morgan fingerprint density at radius 1 is 1.04 bits per heavy atom. The molecular formula is C20H22N4O2. The van der Waals surface area contributed by atoms with E-state index in [0.29, 0.717) is 30.3 Å². The van der Waals surface area contributed by atoms with Gasteiger partial charge in [-0.05, 0) is 35.2 Å². The molecule has 0 spiro atoms. The Hall–Kier alpha value is -3.02. The van der Waals surface area contributed by atoms with E-state index in [-0.39, 0.29) is 11.3 Å². The first-order valence-electron chi connectivity index (χ1n) is 8.55. The molecule has 6 nitrogen and oxygen atoms in total. The van der Waals surface area contributed by atoms with Gasteiger partial charge in [0, 0.05) is 36.5 Å². The molecule has 0 fully saturated rings. The summed E-state index contributed by atoms with van der Waals surface area (Å²) in [5.41, 5.74) is 2.73. The third-order valence-corrected chi connectivity index (χ3v) is 4.03. The highest BCUT2D eigenvalue weighted by atomic mass is 16.4. The van der Waals surface area contributed by atoms with Gasteiger partial charge in [-0.1, -0.05) is 32.9 Å². The second-order valence-corrected chi connectivity index (χ2v) is 7.07. The molecule has 0 saturated carbocycles. The minimum atomic E-state index is -0.112. The standard InChI is InChI=1S/C20H22N4O2/c1-20(2,3)16-6-4-14(5-7-16)18(25)22-13-10-17-23-24-19(26-17)15-8-11-21-12-9-15/h4-9,11-12H,10,13H2,1-3H3,(H,22,25). The molecule has 3 aromatic rings. The number of nitrogens with one attached hydrogen (secondary N) is 1. The van der Waals surface area contributed by atoms with Crippen LogP contribution in [0.5, 0.6) is 0 Å². The molecule has 26 heavy (non-hydrogen) atoms. The van der Waals surface area contributed by atoms with Crippen molar-refractivity contribution in [2.75, 3.05) is 6.54 Å². The predicted octanol–water partition coefficient (Wildman–Crippen LogP) is 3.40. The summed E-state index contributed by atoms with van der Waals surface area (Å²) in [4.78, 5) is 16.2. The first-order chi connectivity index (χ1) is 12.4. The fourth-order valence-electron chi connectivity index (χ4n) is 2.47. The lowest BCUT2D eigenvalue weighted by Gasteiger charge is -2.19. The number of amides is 1. The SMILES string of the molecule is CC(C)(C)c1ccc(C(=O)NCCc2nnc(-c3ccncc3)o2)cc1.